The first-order valence-corrected chi connectivity index (χ1v) is 7.94. The Hall–Kier alpha value is -1.71. The summed E-state index contributed by atoms with van der Waals surface area (Å²) < 4.78 is 5.59. The lowest BCUT2D eigenvalue weighted by molar-refractivity contribution is -0.131. The number of rotatable bonds is 10. The molecular weight excluding hydrogens is 264 g/mol. The fourth-order valence-electron chi connectivity index (χ4n) is 2.08. The second-order valence-corrected chi connectivity index (χ2v) is 5.22. The number of amides is 1. The van der Waals surface area contributed by atoms with Gasteiger partial charge in [-0.2, -0.15) is 0 Å². The van der Waals surface area contributed by atoms with Gasteiger partial charge < -0.3 is 15.4 Å². The summed E-state index contributed by atoms with van der Waals surface area (Å²) in [5, 5.41) is 0. The number of benzene rings is 1. The molecule has 0 aliphatic carbocycles. The maximum absolute atomic E-state index is 12.2. The highest BCUT2D eigenvalue weighted by molar-refractivity contribution is 5.76. The number of para-hydroxylation sites is 2. The van der Waals surface area contributed by atoms with Crippen LogP contribution >= 0.6 is 0 Å². The smallest absolute Gasteiger partial charge is 0.225 e. The Bertz CT molecular complexity index is 413. The predicted molar refractivity (Wildman–Crippen MR) is 87.4 cm³/mol. The average molecular weight is 292 g/mol. The van der Waals surface area contributed by atoms with Crippen LogP contribution in [0.3, 0.4) is 0 Å². The van der Waals surface area contributed by atoms with Crippen LogP contribution in [-0.4, -0.2) is 30.5 Å². The Balaban J connectivity index is 2.40. The van der Waals surface area contributed by atoms with Gasteiger partial charge in [-0.25, -0.2) is 0 Å². The Kier molecular flexibility index (Phi) is 8.32. The maximum atomic E-state index is 12.2. The Morgan fingerprint density at radius 2 is 1.76 bits per heavy atom. The summed E-state index contributed by atoms with van der Waals surface area (Å²) in [4.78, 5) is 14.2. The van der Waals surface area contributed by atoms with Gasteiger partial charge in [0.25, 0.3) is 0 Å². The average Bonchev–Trinajstić information content (AvgIpc) is 2.49. The molecule has 0 fully saturated rings. The van der Waals surface area contributed by atoms with Crippen LogP contribution in [0.2, 0.25) is 0 Å². The summed E-state index contributed by atoms with van der Waals surface area (Å²) in [5.41, 5.74) is 6.42. The molecule has 118 valence electrons. The second kappa shape index (κ2) is 10.1. The predicted octanol–water partition coefficient (Wildman–Crippen LogP) is 3.47. The quantitative estimate of drug-likeness (QED) is 0.672. The summed E-state index contributed by atoms with van der Waals surface area (Å²) in [6.45, 7) is 6.36. The molecule has 0 radical (unpaired) electrons. The minimum Gasteiger partial charge on any atom is -0.491 e. The number of nitrogen functional groups attached to an aromatic ring is 1. The van der Waals surface area contributed by atoms with Gasteiger partial charge in [-0.3, -0.25) is 4.79 Å². The van der Waals surface area contributed by atoms with Crippen molar-refractivity contribution < 1.29 is 9.53 Å². The SMILES string of the molecule is CCCCN(CCCC)C(=O)CCOc1ccccc1N. The molecule has 0 atom stereocenters. The van der Waals surface area contributed by atoms with Crippen LogP contribution in [0.15, 0.2) is 24.3 Å². The van der Waals surface area contributed by atoms with Crippen molar-refractivity contribution in [2.24, 2.45) is 0 Å². The molecule has 4 heteroatoms. The van der Waals surface area contributed by atoms with Crippen molar-refractivity contribution in [2.75, 3.05) is 25.4 Å². The van der Waals surface area contributed by atoms with Crippen molar-refractivity contribution in [1.29, 1.82) is 0 Å². The molecule has 0 bridgehead atoms. The monoisotopic (exact) mass is 292 g/mol. The Morgan fingerprint density at radius 1 is 1.14 bits per heavy atom. The summed E-state index contributed by atoms with van der Waals surface area (Å²) >= 11 is 0. The van der Waals surface area contributed by atoms with E-state index >= 15 is 0 Å². The molecule has 1 rings (SSSR count). The first-order chi connectivity index (χ1) is 10.2. The number of nitrogens with two attached hydrogens (primary N) is 1. The largest absolute Gasteiger partial charge is 0.491 e. The van der Waals surface area contributed by atoms with Gasteiger partial charge in [0.05, 0.1) is 18.7 Å². The van der Waals surface area contributed by atoms with Crippen molar-refractivity contribution in [1.82, 2.24) is 4.90 Å². The minimum atomic E-state index is 0.173. The van der Waals surface area contributed by atoms with Gasteiger partial charge in [0.2, 0.25) is 5.91 Å². The molecule has 0 unspecified atom stereocenters. The summed E-state index contributed by atoms with van der Waals surface area (Å²) in [6.07, 6.45) is 4.73. The summed E-state index contributed by atoms with van der Waals surface area (Å²) in [6, 6.07) is 7.37. The van der Waals surface area contributed by atoms with Crippen LogP contribution in [0.1, 0.15) is 46.0 Å². The van der Waals surface area contributed by atoms with E-state index in [1.165, 1.54) is 0 Å². The van der Waals surface area contributed by atoms with Crippen LogP contribution in [0.25, 0.3) is 0 Å². The van der Waals surface area contributed by atoms with E-state index in [2.05, 4.69) is 13.8 Å². The molecule has 1 amide bonds. The van der Waals surface area contributed by atoms with Crippen molar-refractivity contribution in [3.63, 3.8) is 0 Å². The van der Waals surface area contributed by atoms with Crippen LogP contribution in [0, 0.1) is 0 Å². The third kappa shape index (κ3) is 6.52. The lowest BCUT2D eigenvalue weighted by Crippen LogP contribution is -2.33. The van der Waals surface area contributed by atoms with Crippen LogP contribution in [-0.2, 0) is 4.79 Å². The molecule has 0 saturated carbocycles. The minimum absolute atomic E-state index is 0.173. The highest BCUT2D eigenvalue weighted by atomic mass is 16.5. The normalized spacial score (nSPS) is 10.4. The van der Waals surface area contributed by atoms with Crippen LogP contribution in [0.4, 0.5) is 5.69 Å². The molecule has 0 aliphatic rings. The molecule has 4 nitrogen and oxygen atoms in total. The third-order valence-corrected chi connectivity index (χ3v) is 3.41. The number of hydrogen-bond acceptors (Lipinski definition) is 3. The zero-order valence-corrected chi connectivity index (χ0v) is 13.3. The highest BCUT2D eigenvalue weighted by Gasteiger charge is 2.12. The number of ether oxygens (including phenoxy) is 1. The Morgan fingerprint density at radius 3 is 2.33 bits per heavy atom. The second-order valence-electron chi connectivity index (χ2n) is 5.22. The maximum Gasteiger partial charge on any atom is 0.225 e. The molecule has 0 spiro atoms. The highest BCUT2D eigenvalue weighted by Crippen LogP contribution is 2.19. The van der Waals surface area contributed by atoms with Crippen molar-refractivity contribution in [3.05, 3.63) is 24.3 Å². The van der Waals surface area contributed by atoms with E-state index in [9.17, 15) is 4.79 Å². The van der Waals surface area contributed by atoms with E-state index in [-0.39, 0.29) is 5.91 Å². The van der Waals surface area contributed by atoms with Crippen LogP contribution < -0.4 is 10.5 Å². The molecule has 0 aliphatic heterocycles. The van der Waals surface area contributed by atoms with E-state index in [1.807, 2.05) is 23.1 Å². The third-order valence-electron chi connectivity index (χ3n) is 3.41. The molecule has 1 aromatic carbocycles. The first-order valence-electron chi connectivity index (χ1n) is 7.94. The van der Waals surface area contributed by atoms with Crippen molar-refractivity contribution in [2.45, 2.75) is 46.0 Å². The van der Waals surface area contributed by atoms with Gasteiger partial charge in [-0.1, -0.05) is 38.8 Å². The van der Waals surface area contributed by atoms with Gasteiger partial charge in [0, 0.05) is 13.1 Å². The van der Waals surface area contributed by atoms with Crippen molar-refractivity contribution >= 4 is 11.6 Å². The summed E-state index contributed by atoms with van der Waals surface area (Å²) in [7, 11) is 0. The fraction of sp³-hybridized carbons (Fsp3) is 0.588. The topological polar surface area (TPSA) is 55.6 Å². The molecule has 1 aromatic rings. The Labute approximate surface area is 128 Å². The zero-order valence-electron chi connectivity index (χ0n) is 13.3. The fourth-order valence-corrected chi connectivity index (χ4v) is 2.08. The van der Waals surface area contributed by atoms with E-state index in [1.54, 1.807) is 6.07 Å². The van der Waals surface area contributed by atoms with Gasteiger partial charge >= 0.3 is 0 Å². The molecule has 2 N–H and O–H groups in total. The first kappa shape index (κ1) is 17.3. The number of nitrogens with zero attached hydrogens (tertiary/aromatic N) is 1. The van der Waals surface area contributed by atoms with E-state index in [0.29, 0.717) is 24.5 Å². The van der Waals surface area contributed by atoms with Crippen LogP contribution in [0.5, 0.6) is 5.75 Å². The van der Waals surface area contributed by atoms with Gasteiger partial charge in [-0.05, 0) is 25.0 Å². The lowest BCUT2D eigenvalue weighted by atomic mass is 10.2. The van der Waals surface area contributed by atoms with E-state index in [4.69, 9.17) is 10.5 Å². The number of carbonyl (C=O) groups excluding carboxylic acids is 1. The molecule has 21 heavy (non-hydrogen) atoms. The zero-order chi connectivity index (χ0) is 15.5. The van der Waals surface area contributed by atoms with Gasteiger partial charge in [0.1, 0.15) is 5.75 Å². The standard InChI is InChI=1S/C17H28N2O2/c1-3-5-12-19(13-6-4-2)17(20)11-14-21-16-10-8-7-9-15(16)18/h7-10H,3-6,11-14,18H2,1-2H3. The number of unbranched alkanes of at least 4 members (excludes halogenated alkanes) is 2. The summed E-state index contributed by atoms with van der Waals surface area (Å²) in [5.74, 6) is 0.824. The van der Waals surface area contributed by atoms with Gasteiger partial charge in [-0.15, -0.1) is 0 Å². The number of anilines is 1. The molecular formula is C17H28N2O2. The number of carbonyl (C=O) groups is 1. The lowest BCUT2D eigenvalue weighted by Gasteiger charge is -2.22. The van der Waals surface area contributed by atoms with E-state index < -0.39 is 0 Å². The molecule has 0 aromatic heterocycles. The van der Waals surface area contributed by atoms with Crippen molar-refractivity contribution in [3.8, 4) is 5.75 Å². The molecule has 0 saturated heterocycles. The van der Waals surface area contributed by atoms with E-state index in [0.717, 1.165) is 38.8 Å². The number of hydrogen-bond donors (Lipinski definition) is 1. The van der Waals surface area contributed by atoms with Gasteiger partial charge in [0.15, 0.2) is 0 Å². The molecule has 0 heterocycles.